The van der Waals surface area contributed by atoms with Gasteiger partial charge in [0.05, 0.1) is 17.6 Å². The lowest BCUT2D eigenvalue weighted by molar-refractivity contribution is -0.135. The fraction of sp³-hybridized carbons (Fsp3) is 0.591. The summed E-state index contributed by atoms with van der Waals surface area (Å²) in [6, 6.07) is 8.39. The molecule has 0 radical (unpaired) electrons. The molecule has 1 atom stereocenters. The number of halogens is 1. The van der Waals surface area contributed by atoms with E-state index in [9.17, 15) is 4.79 Å². The highest BCUT2D eigenvalue weighted by molar-refractivity contribution is 14.0. The lowest BCUT2D eigenvalue weighted by Crippen LogP contribution is -2.45. The van der Waals surface area contributed by atoms with E-state index in [1.54, 1.807) is 7.05 Å². The molecule has 30 heavy (non-hydrogen) atoms. The first-order valence-electron chi connectivity index (χ1n) is 10.8. The van der Waals surface area contributed by atoms with Gasteiger partial charge in [0.25, 0.3) is 0 Å². The lowest BCUT2D eigenvalue weighted by atomic mass is 9.88. The summed E-state index contributed by atoms with van der Waals surface area (Å²) in [6.07, 6.45) is 6.77. The van der Waals surface area contributed by atoms with Gasteiger partial charge in [-0.1, -0.05) is 31.4 Å². The Morgan fingerprint density at radius 1 is 1.20 bits per heavy atom. The maximum Gasteiger partial charge on any atom is 0.225 e. The molecule has 4 rings (SSSR count). The van der Waals surface area contributed by atoms with Gasteiger partial charge in [-0.15, -0.1) is 24.0 Å². The largest absolute Gasteiger partial charge is 0.352 e. The van der Waals surface area contributed by atoms with Crippen LogP contribution in [-0.4, -0.2) is 52.5 Å². The smallest absolute Gasteiger partial charge is 0.225 e. The van der Waals surface area contributed by atoms with E-state index in [2.05, 4.69) is 26.3 Å². The minimum Gasteiger partial charge on any atom is -0.352 e. The number of aliphatic imine (C=N–C) groups is 1. The van der Waals surface area contributed by atoms with Gasteiger partial charge in [0.1, 0.15) is 5.82 Å². The van der Waals surface area contributed by atoms with Crippen LogP contribution in [0.15, 0.2) is 29.3 Å². The quantitative estimate of drug-likeness (QED) is 0.367. The Balaban J connectivity index is 0.00000256. The number of nitrogens with one attached hydrogen (secondary N) is 2. The fourth-order valence-corrected chi connectivity index (χ4v) is 4.59. The Labute approximate surface area is 195 Å². The molecule has 1 aliphatic carbocycles. The number of hydrogen-bond donors (Lipinski definition) is 2. The molecule has 2 fully saturated rings. The Morgan fingerprint density at radius 2 is 1.97 bits per heavy atom. The number of fused-ring (bicyclic) bond motifs is 1. The van der Waals surface area contributed by atoms with Crippen molar-refractivity contribution < 1.29 is 4.79 Å². The molecule has 1 aromatic carbocycles. The maximum atomic E-state index is 12.8. The summed E-state index contributed by atoms with van der Waals surface area (Å²) < 4.78 is 2.11. The number of carbonyl (C=O) groups is 1. The number of hydrogen-bond acceptors (Lipinski definition) is 3. The van der Waals surface area contributed by atoms with Crippen LogP contribution in [0.3, 0.4) is 0 Å². The first kappa shape index (κ1) is 22.8. The number of likely N-dealkylation sites (tertiary alicyclic amines) is 1. The summed E-state index contributed by atoms with van der Waals surface area (Å²) in [5.41, 5.74) is 2.13. The van der Waals surface area contributed by atoms with Crippen LogP contribution in [0.5, 0.6) is 0 Å². The number of benzene rings is 1. The highest BCUT2D eigenvalue weighted by Crippen LogP contribution is 2.26. The third-order valence-corrected chi connectivity index (χ3v) is 6.31. The molecule has 0 spiro atoms. The highest BCUT2D eigenvalue weighted by atomic mass is 127. The molecule has 2 aromatic rings. The normalized spacial score (nSPS) is 20.3. The molecule has 0 bridgehead atoms. The molecule has 8 heteroatoms. The number of imidazole rings is 1. The van der Waals surface area contributed by atoms with Crippen LogP contribution in [0, 0.1) is 5.92 Å². The number of guanidine groups is 1. The Bertz CT molecular complexity index is 889. The SMILES string of the molecule is CN=C(NCc1nc2ccccc2n1C)NC1CCN(C(=O)C2CCCCC2)C1.I. The second kappa shape index (κ2) is 10.5. The molecule has 2 N–H and O–H groups in total. The van der Waals surface area contributed by atoms with Crippen LogP contribution in [-0.2, 0) is 18.4 Å². The summed E-state index contributed by atoms with van der Waals surface area (Å²) in [4.78, 5) is 23.9. The fourth-order valence-electron chi connectivity index (χ4n) is 4.59. The lowest BCUT2D eigenvalue weighted by Gasteiger charge is -2.26. The molecule has 1 unspecified atom stereocenters. The van der Waals surface area contributed by atoms with Crippen molar-refractivity contribution in [2.24, 2.45) is 18.0 Å². The van der Waals surface area contributed by atoms with E-state index >= 15 is 0 Å². The van der Waals surface area contributed by atoms with E-state index in [0.29, 0.717) is 12.5 Å². The third-order valence-electron chi connectivity index (χ3n) is 6.31. The number of nitrogens with zero attached hydrogens (tertiary/aromatic N) is 4. The summed E-state index contributed by atoms with van der Waals surface area (Å²) >= 11 is 0. The average Bonchev–Trinajstić information content (AvgIpc) is 3.36. The van der Waals surface area contributed by atoms with Crippen molar-refractivity contribution in [3.8, 4) is 0 Å². The van der Waals surface area contributed by atoms with Crippen molar-refractivity contribution in [1.29, 1.82) is 0 Å². The minimum absolute atomic E-state index is 0. The number of amides is 1. The predicted molar refractivity (Wildman–Crippen MR) is 131 cm³/mol. The van der Waals surface area contributed by atoms with Gasteiger partial charge in [0.15, 0.2) is 5.96 Å². The van der Waals surface area contributed by atoms with Gasteiger partial charge in [0, 0.05) is 39.1 Å². The molecular formula is C22H33IN6O. The number of para-hydroxylation sites is 2. The summed E-state index contributed by atoms with van der Waals surface area (Å²) in [5.74, 6) is 2.33. The predicted octanol–water partition coefficient (Wildman–Crippen LogP) is 3.04. The van der Waals surface area contributed by atoms with Gasteiger partial charge in [0.2, 0.25) is 5.91 Å². The summed E-state index contributed by atoms with van der Waals surface area (Å²) in [6.45, 7) is 2.21. The van der Waals surface area contributed by atoms with Gasteiger partial charge in [-0.3, -0.25) is 9.79 Å². The average molecular weight is 524 g/mol. The van der Waals surface area contributed by atoms with Gasteiger partial charge in [-0.25, -0.2) is 4.98 Å². The van der Waals surface area contributed by atoms with Gasteiger partial charge >= 0.3 is 0 Å². The second-order valence-electron chi connectivity index (χ2n) is 8.25. The van der Waals surface area contributed by atoms with E-state index in [1.165, 1.54) is 19.3 Å². The molecule has 1 aliphatic heterocycles. The number of aryl methyl sites for hydroxylation is 1. The van der Waals surface area contributed by atoms with Crippen molar-refractivity contribution in [3.05, 3.63) is 30.1 Å². The zero-order chi connectivity index (χ0) is 20.2. The molecule has 2 aliphatic rings. The standard InChI is InChI=1S/C22H32N6O.HI/c1-23-22(24-14-20-26-18-10-6-7-11-19(18)27(20)2)25-17-12-13-28(15-17)21(29)16-8-4-3-5-9-16;/h6-7,10-11,16-17H,3-5,8-9,12-15H2,1-2H3,(H2,23,24,25);1H. The monoisotopic (exact) mass is 524 g/mol. The molecule has 7 nitrogen and oxygen atoms in total. The second-order valence-corrected chi connectivity index (χ2v) is 8.25. The summed E-state index contributed by atoms with van der Waals surface area (Å²) in [7, 11) is 3.82. The van der Waals surface area contributed by atoms with Crippen molar-refractivity contribution in [2.75, 3.05) is 20.1 Å². The number of carbonyl (C=O) groups excluding carboxylic acids is 1. The molecule has 1 aromatic heterocycles. The first-order chi connectivity index (χ1) is 14.2. The topological polar surface area (TPSA) is 74.6 Å². The maximum absolute atomic E-state index is 12.8. The molecule has 1 saturated heterocycles. The highest BCUT2D eigenvalue weighted by Gasteiger charge is 2.31. The van der Waals surface area contributed by atoms with E-state index in [4.69, 9.17) is 4.98 Å². The molecule has 164 valence electrons. The van der Waals surface area contributed by atoms with Crippen molar-refractivity contribution in [3.63, 3.8) is 0 Å². The van der Waals surface area contributed by atoms with E-state index in [0.717, 1.165) is 55.2 Å². The van der Waals surface area contributed by atoms with Gasteiger partial charge in [-0.2, -0.15) is 0 Å². The van der Waals surface area contributed by atoms with E-state index < -0.39 is 0 Å². The molecule has 1 amide bonds. The van der Waals surface area contributed by atoms with Crippen LogP contribution in [0.2, 0.25) is 0 Å². The van der Waals surface area contributed by atoms with Gasteiger partial charge in [-0.05, 0) is 31.4 Å². The van der Waals surface area contributed by atoms with Crippen LogP contribution in [0.1, 0.15) is 44.3 Å². The minimum atomic E-state index is 0. The van der Waals surface area contributed by atoms with E-state index in [-0.39, 0.29) is 35.9 Å². The van der Waals surface area contributed by atoms with Crippen LogP contribution in [0.4, 0.5) is 0 Å². The van der Waals surface area contributed by atoms with Gasteiger partial charge < -0.3 is 20.1 Å². The molecular weight excluding hydrogens is 491 g/mol. The van der Waals surface area contributed by atoms with Crippen LogP contribution < -0.4 is 10.6 Å². The van der Waals surface area contributed by atoms with Crippen molar-refractivity contribution in [2.45, 2.75) is 51.1 Å². The molecule has 2 heterocycles. The third kappa shape index (κ3) is 5.07. The zero-order valence-electron chi connectivity index (χ0n) is 17.9. The van der Waals surface area contributed by atoms with E-state index in [1.807, 2.05) is 30.1 Å². The van der Waals surface area contributed by atoms with Crippen molar-refractivity contribution in [1.82, 2.24) is 25.1 Å². The molecule has 1 saturated carbocycles. The Hall–Kier alpha value is -1.84. The van der Waals surface area contributed by atoms with Crippen LogP contribution in [0.25, 0.3) is 11.0 Å². The number of aromatic nitrogens is 2. The Morgan fingerprint density at radius 3 is 2.70 bits per heavy atom. The summed E-state index contributed by atoms with van der Waals surface area (Å²) in [5, 5.41) is 6.86. The zero-order valence-corrected chi connectivity index (χ0v) is 20.3. The Kier molecular flexibility index (Phi) is 7.96. The first-order valence-corrected chi connectivity index (χ1v) is 10.8. The van der Waals surface area contributed by atoms with Crippen molar-refractivity contribution >= 4 is 46.9 Å². The van der Waals surface area contributed by atoms with Crippen LogP contribution >= 0.6 is 24.0 Å². The number of rotatable bonds is 4.